The Balaban J connectivity index is 2.04. The van der Waals surface area contributed by atoms with Gasteiger partial charge in [-0.05, 0) is 31.2 Å². The van der Waals surface area contributed by atoms with E-state index in [-0.39, 0.29) is 5.91 Å². The second-order valence-corrected chi connectivity index (χ2v) is 5.22. The van der Waals surface area contributed by atoms with Gasteiger partial charge in [-0.2, -0.15) is 0 Å². The molecular formula is C16H18ClN3O3. The Labute approximate surface area is 139 Å². The van der Waals surface area contributed by atoms with E-state index in [0.717, 1.165) is 0 Å². The highest BCUT2D eigenvalue weighted by Crippen LogP contribution is 2.29. The molecule has 2 N–H and O–H groups in total. The molecule has 0 unspecified atom stereocenters. The minimum absolute atomic E-state index is 0.224. The number of anilines is 2. The molecule has 0 spiro atoms. The van der Waals surface area contributed by atoms with Crippen LogP contribution < -0.4 is 20.1 Å². The monoisotopic (exact) mass is 335 g/mol. The van der Waals surface area contributed by atoms with Crippen molar-refractivity contribution in [2.45, 2.75) is 13.0 Å². The van der Waals surface area contributed by atoms with Crippen molar-refractivity contribution in [2.24, 2.45) is 0 Å². The fourth-order valence-electron chi connectivity index (χ4n) is 1.90. The van der Waals surface area contributed by atoms with E-state index >= 15 is 0 Å². The number of ether oxygens (including phenoxy) is 2. The van der Waals surface area contributed by atoms with Gasteiger partial charge in [-0.1, -0.05) is 11.6 Å². The number of hydrogen-bond acceptors (Lipinski definition) is 5. The molecule has 0 fully saturated rings. The van der Waals surface area contributed by atoms with Crippen LogP contribution in [-0.2, 0) is 4.79 Å². The summed E-state index contributed by atoms with van der Waals surface area (Å²) in [7, 11) is 3.14. The second kappa shape index (κ2) is 7.69. The van der Waals surface area contributed by atoms with Crippen LogP contribution in [0.4, 0.5) is 11.5 Å². The molecule has 23 heavy (non-hydrogen) atoms. The van der Waals surface area contributed by atoms with Crippen LogP contribution in [0.25, 0.3) is 0 Å². The Morgan fingerprint density at radius 2 is 2.00 bits per heavy atom. The average molecular weight is 336 g/mol. The fourth-order valence-corrected chi connectivity index (χ4v) is 2.01. The van der Waals surface area contributed by atoms with E-state index in [0.29, 0.717) is 28.0 Å². The number of carbonyl (C=O) groups excluding carboxylic acids is 1. The van der Waals surface area contributed by atoms with E-state index in [1.807, 2.05) is 0 Å². The van der Waals surface area contributed by atoms with Crippen LogP contribution in [0.1, 0.15) is 6.92 Å². The Kier molecular flexibility index (Phi) is 5.65. The van der Waals surface area contributed by atoms with Crippen molar-refractivity contribution in [3.8, 4) is 11.5 Å². The van der Waals surface area contributed by atoms with E-state index in [4.69, 9.17) is 21.1 Å². The highest BCUT2D eigenvalue weighted by Gasteiger charge is 2.15. The van der Waals surface area contributed by atoms with Crippen molar-refractivity contribution in [3.05, 3.63) is 41.6 Å². The lowest BCUT2D eigenvalue weighted by molar-refractivity contribution is -0.116. The summed E-state index contributed by atoms with van der Waals surface area (Å²) in [6.07, 6.45) is 1.47. The summed E-state index contributed by atoms with van der Waals surface area (Å²) in [5.41, 5.74) is 0.694. The van der Waals surface area contributed by atoms with Gasteiger partial charge in [0.25, 0.3) is 0 Å². The average Bonchev–Trinajstić information content (AvgIpc) is 2.57. The Bertz CT molecular complexity index is 677. The van der Waals surface area contributed by atoms with Gasteiger partial charge in [0.15, 0.2) is 0 Å². The maximum atomic E-state index is 12.2. The van der Waals surface area contributed by atoms with Crippen LogP contribution in [-0.4, -0.2) is 31.2 Å². The van der Waals surface area contributed by atoms with Crippen LogP contribution in [0.15, 0.2) is 36.5 Å². The standard InChI is InChI=1S/C16H18ClN3O3/c1-10(16(21)20-15-7-4-11(17)9-18-15)19-13-6-5-12(22-2)8-14(13)23-3/h4-10,19H,1-3H3,(H,18,20,21)/t10-/m1/s1. The highest BCUT2D eigenvalue weighted by atomic mass is 35.5. The molecule has 0 saturated carbocycles. The number of halogens is 1. The number of hydrogen-bond donors (Lipinski definition) is 2. The number of aromatic nitrogens is 1. The largest absolute Gasteiger partial charge is 0.497 e. The SMILES string of the molecule is COc1ccc(N[C@H](C)C(=O)Nc2ccc(Cl)cn2)c(OC)c1. The van der Waals surface area contributed by atoms with Gasteiger partial charge in [0, 0.05) is 12.3 Å². The van der Waals surface area contributed by atoms with Crippen molar-refractivity contribution in [3.63, 3.8) is 0 Å². The number of carbonyl (C=O) groups is 1. The highest BCUT2D eigenvalue weighted by molar-refractivity contribution is 6.30. The molecule has 0 radical (unpaired) electrons. The molecule has 0 aliphatic carbocycles. The van der Waals surface area contributed by atoms with Crippen LogP contribution in [0.2, 0.25) is 5.02 Å². The van der Waals surface area contributed by atoms with Gasteiger partial charge in [0.1, 0.15) is 23.4 Å². The summed E-state index contributed by atoms with van der Waals surface area (Å²) in [5.74, 6) is 1.48. The Morgan fingerprint density at radius 1 is 1.22 bits per heavy atom. The van der Waals surface area contributed by atoms with Gasteiger partial charge < -0.3 is 20.1 Å². The Morgan fingerprint density at radius 3 is 2.61 bits per heavy atom. The van der Waals surface area contributed by atoms with Crippen molar-refractivity contribution < 1.29 is 14.3 Å². The molecule has 1 aromatic carbocycles. The molecule has 6 nitrogen and oxygen atoms in total. The predicted octanol–water partition coefficient (Wildman–Crippen LogP) is 3.19. The summed E-state index contributed by atoms with van der Waals surface area (Å²) in [5, 5.41) is 6.32. The number of pyridine rings is 1. The molecule has 0 bridgehead atoms. The summed E-state index contributed by atoms with van der Waals surface area (Å²) in [6.45, 7) is 1.74. The molecule has 0 saturated heterocycles. The molecule has 7 heteroatoms. The van der Waals surface area contributed by atoms with Gasteiger partial charge in [-0.25, -0.2) is 4.98 Å². The first-order chi connectivity index (χ1) is 11.0. The van der Waals surface area contributed by atoms with Crippen LogP contribution in [0.5, 0.6) is 11.5 Å². The van der Waals surface area contributed by atoms with E-state index in [9.17, 15) is 4.79 Å². The third-order valence-electron chi connectivity index (χ3n) is 3.15. The van der Waals surface area contributed by atoms with E-state index in [2.05, 4.69) is 15.6 Å². The molecule has 1 amide bonds. The minimum atomic E-state index is -0.491. The molecule has 2 aromatic rings. The first kappa shape index (κ1) is 16.9. The zero-order valence-corrected chi connectivity index (χ0v) is 13.8. The maximum absolute atomic E-state index is 12.2. The second-order valence-electron chi connectivity index (χ2n) is 4.78. The Hall–Kier alpha value is -2.47. The fraction of sp³-hybridized carbons (Fsp3) is 0.250. The predicted molar refractivity (Wildman–Crippen MR) is 90.5 cm³/mol. The van der Waals surface area contributed by atoms with Crippen molar-refractivity contribution in [2.75, 3.05) is 24.9 Å². The van der Waals surface area contributed by atoms with Crippen molar-refractivity contribution in [1.82, 2.24) is 4.98 Å². The number of amides is 1. The van der Waals surface area contributed by atoms with Crippen molar-refractivity contribution in [1.29, 1.82) is 0 Å². The zero-order valence-electron chi connectivity index (χ0n) is 13.1. The molecule has 2 rings (SSSR count). The van der Waals surface area contributed by atoms with Crippen molar-refractivity contribution >= 4 is 29.0 Å². The quantitative estimate of drug-likeness (QED) is 0.848. The lowest BCUT2D eigenvalue weighted by atomic mass is 10.2. The molecule has 0 aliphatic rings. The molecule has 1 heterocycles. The molecule has 0 aliphatic heterocycles. The molecular weight excluding hydrogens is 318 g/mol. The molecule has 1 aromatic heterocycles. The zero-order chi connectivity index (χ0) is 16.8. The normalized spacial score (nSPS) is 11.5. The van der Waals surface area contributed by atoms with Gasteiger partial charge in [-0.15, -0.1) is 0 Å². The summed E-state index contributed by atoms with van der Waals surface area (Å²) < 4.78 is 10.4. The smallest absolute Gasteiger partial charge is 0.247 e. The van der Waals surface area contributed by atoms with E-state index in [1.165, 1.54) is 6.20 Å². The lowest BCUT2D eigenvalue weighted by Crippen LogP contribution is -2.32. The van der Waals surface area contributed by atoms with Gasteiger partial charge in [0.05, 0.1) is 24.9 Å². The third-order valence-corrected chi connectivity index (χ3v) is 3.38. The van der Waals surface area contributed by atoms with E-state index in [1.54, 1.807) is 51.5 Å². The van der Waals surface area contributed by atoms with Gasteiger partial charge >= 0.3 is 0 Å². The van der Waals surface area contributed by atoms with Crippen LogP contribution in [0, 0.1) is 0 Å². The van der Waals surface area contributed by atoms with Gasteiger partial charge in [0.2, 0.25) is 5.91 Å². The minimum Gasteiger partial charge on any atom is -0.497 e. The van der Waals surface area contributed by atoms with Gasteiger partial charge in [-0.3, -0.25) is 4.79 Å². The summed E-state index contributed by atoms with van der Waals surface area (Å²) >= 11 is 5.76. The third kappa shape index (κ3) is 4.50. The number of methoxy groups -OCH3 is 2. The maximum Gasteiger partial charge on any atom is 0.247 e. The first-order valence-corrected chi connectivity index (χ1v) is 7.32. The van der Waals surface area contributed by atoms with Crippen LogP contribution in [0.3, 0.4) is 0 Å². The lowest BCUT2D eigenvalue weighted by Gasteiger charge is -2.17. The first-order valence-electron chi connectivity index (χ1n) is 6.94. The topological polar surface area (TPSA) is 72.5 Å². The number of benzene rings is 1. The molecule has 122 valence electrons. The van der Waals surface area contributed by atoms with Crippen LogP contribution >= 0.6 is 11.6 Å². The summed E-state index contributed by atoms with van der Waals surface area (Å²) in [4.78, 5) is 16.2. The van der Waals surface area contributed by atoms with E-state index < -0.39 is 6.04 Å². The summed E-state index contributed by atoms with van der Waals surface area (Å²) in [6, 6.07) is 8.14. The number of nitrogens with one attached hydrogen (secondary N) is 2. The number of nitrogens with zero attached hydrogens (tertiary/aromatic N) is 1. The number of rotatable bonds is 6. The molecule has 1 atom stereocenters.